The molecular formula is C21H18N6O2. The number of hydrogen-bond acceptors (Lipinski definition) is 5. The standard InChI is InChI=1S/C21H18N6O2/c1-14-18(21(29)26-20(24-14)15-5-3-8-22-13-15)12-19(28)25-16-6-2-7-17(11-16)27-10-4-9-23-27/h2-11,13H,12H2,1H3,(H,25,28)(H,24,26,29). The van der Waals surface area contributed by atoms with Crippen molar-refractivity contribution in [1.82, 2.24) is 24.7 Å². The van der Waals surface area contributed by atoms with Crippen molar-refractivity contribution in [3.8, 4) is 17.1 Å². The summed E-state index contributed by atoms with van der Waals surface area (Å²) in [5, 5.41) is 7.00. The Hall–Kier alpha value is -4.07. The molecule has 0 aliphatic carbocycles. The first-order chi connectivity index (χ1) is 14.1. The number of aromatic amines is 1. The Bertz CT molecular complexity index is 1200. The minimum Gasteiger partial charge on any atom is -0.326 e. The number of H-pyrrole nitrogens is 1. The van der Waals surface area contributed by atoms with Crippen LogP contribution in [0.1, 0.15) is 11.3 Å². The van der Waals surface area contributed by atoms with E-state index in [1.54, 1.807) is 42.3 Å². The molecule has 0 radical (unpaired) electrons. The Kier molecular flexibility index (Phi) is 4.98. The van der Waals surface area contributed by atoms with E-state index >= 15 is 0 Å². The highest BCUT2D eigenvalue weighted by atomic mass is 16.2. The quantitative estimate of drug-likeness (QED) is 0.548. The fraction of sp³-hybridized carbons (Fsp3) is 0.0952. The number of pyridine rings is 1. The first kappa shape index (κ1) is 18.3. The number of aryl methyl sites for hydroxylation is 1. The van der Waals surface area contributed by atoms with E-state index in [1.807, 2.05) is 36.5 Å². The van der Waals surface area contributed by atoms with Gasteiger partial charge in [0.05, 0.1) is 12.1 Å². The Labute approximate surface area is 166 Å². The number of aromatic nitrogens is 5. The van der Waals surface area contributed by atoms with Gasteiger partial charge in [-0.15, -0.1) is 0 Å². The van der Waals surface area contributed by atoms with Crippen LogP contribution in [0.2, 0.25) is 0 Å². The van der Waals surface area contributed by atoms with E-state index in [4.69, 9.17) is 0 Å². The Morgan fingerprint density at radius 1 is 1.17 bits per heavy atom. The minimum atomic E-state index is -0.336. The molecule has 0 bridgehead atoms. The van der Waals surface area contributed by atoms with E-state index in [0.717, 1.165) is 5.69 Å². The highest BCUT2D eigenvalue weighted by Gasteiger charge is 2.14. The van der Waals surface area contributed by atoms with Gasteiger partial charge in [-0.3, -0.25) is 14.6 Å². The largest absolute Gasteiger partial charge is 0.326 e. The maximum Gasteiger partial charge on any atom is 0.255 e. The molecule has 0 atom stereocenters. The topological polar surface area (TPSA) is 106 Å². The minimum absolute atomic E-state index is 0.0759. The van der Waals surface area contributed by atoms with E-state index in [-0.39, 0.29) is 17.9 Å². The van der Waals surface area contributed by atoms with Gasteiger partial charge in [0.1, 0.15) is 5.82 Å². The number of rotatable bonds is 5. The normalized spacial score (nSPS) is 10.7. The van der Waals surface area contributed by atoms with Gasteiger partial charge in [0, 0.05) is 47.3 Å². The fourth-order valence-corrected chi connectivity index (χ4v) is 2.97. The molecule has 8 heteroatoms. The maximum absolute atomic E-state index is 12.5. The average Bonchev–Trinajstić information content (AvgIpc) is 3.26. The molecule has 2 N–H and O–H groups in total. The van der Waals surface area contributed by atoms with Gasteiger partial charge in [-0.1, -0.05) is 6.07 Å². The first-order valence-electron chi connectivity index (χ1n) is 9.00. The molecule has 4 rings (SSSR count). The number of anilines is 1. The summed E-state index contributed by atoms with van der Waals surface area (Å²) in [6.07, 6.45) is 6.69. The number of nitrogens with one attached hydrogen (secondary N) is 2. The van der Waals surface area contributed by atoms with Crippen LogP contribution in [0.3, 0.4) is 0 Å². The van der Waals surface area contributed by atoms with Crippen molar-refractivity contribution in [3.63, 3.8) is 0 Å². The molecule has 1 aromatic carbocycles. The summed E-state index contributed by atoms with van der Waals surface area (Å²) in [7, 11) is 0. The molecule has 29 heavy (non-hydrogen) atoms. The highest BCUT2D eigenvalue weighted by Crippen LogP contribution is 2.15. The average molecular weight is 386 g/mol. The number of benzene rings is 1. The first-order valence-corrected chi connectivity index (χ1v) is 9.00. The number of carbonyl (C=O) groups excluding carboxylic acids is 1. The SMILES string of the molecule is Cc1nc(-c2cccnc2)[nH]c(=O)c1CC(=O)Nc1cccc(-n2cccn2)c1. The molecule has 0 spiro atoms. The van der Waals surface area contributed by atoms with E-state index in [2.05, 4.69) is 25.4 Å². The lowest BCUT2D eigenvalue weighted by molar-refractivity contribution is -0.115. The summed E-state index contributed by atoms with van der Waals surface area (Å²) >= 11 is 0. The van der Waals surface area contributed by atoms with Crippen molar-refractivity contribution in [2.45, 2.75) is 13.3 Å². The van der Waals surface area contributed by atoms with E-state index < -0.39 is 0 Å². The molecule has 0 saturated heterocycles. The predicted molar refractivity (Wildman–Crippen MR) is 109 cm³/mol. The van der Waals surface area contributed by atoms with Crippen LogP contribution < -0.4 is 10.9 Å². The lowest BCUT2D eigenvalue weighted by Gasteiger charge is -2.09. The molecule has 0 unspecified atom stereocenters. The van der Waals surface area contributed by atoms with Crippen LogP contribution in [0.4, 0.5) is 5.69 Å². The zero-order valence-corrected chi connectivity index (χ0v) is 15.7. The summed E-state index contributed by atoms with van der Waals surface area (Å²) in [5.74, 6) is 0.129. The summed E-state index contributed by atoms with van der Waals surface area (Å²) in [5.41, 5.74) is 2.66. The molecule has 0 aliphatic heterocycles. The second-order valence-electron chi connectivity index (χ2n) is 6.45. The lowest BCUT2D eigenvalue weighted by Crippen LogP contribution is -2.24. The van der Waals surface area contributed by atoms with E-state index in [9.17, 15) is 9.59 Å². The van der Waals surface area contributed by atoms with E-state index in [0.29, 0.717) is 28.3 Å². The number of hydrogen-bond donors (Lipinski definition) is 2. The van der Waals surface area contributed by atoms with Gasteiger partial charge < -0.3 is 10.3 Å². The van der Waals surface area contributed by atoms with Crippen LogP contribution in [0.15, 0.2) is 72.0 Å². The van der Waals surface area contributed by atoms with Crippen molar-refractivity contribution >= 4 is 11.6 Å². The Morgan fingerprint density at radius 3 is 2.79 bits per heavy atom. The molecule has 3 heterocycles. The molecule has 1 amide bonds. The molecule has 0 saturated carbocycles. The van der Waals surface area contributed by atoms with Crippen molar-refractivity contribution < 1.29 is 4.79 Å². The summed E-state index contributed by atoms with van der Waals surface area (Å²) < 4.78 is 1.70. The highest BCUT2D eigenvalue weighted by molar-refractivity contribution is 5.92. The van der Waals surface area contributed by atoms with E-state index in [1.165, 1.54) is 0 Å². The van der Waals surface area contributed by atoms with Crippen LogP contribution in [0.25, 0.3) is 17.1 Å². The summed E-state index contributed by atoms with van der Waals surface area (Å²) in [4.78, 5) is 36.2. The second-order valence-corrected chi connectivity index (χ2v) is 6.45. The zero-order chi connectivity index (χ0) is 20.2. The van der Waals surface area contributed by atoms with Gasteiger partial charge in [-0.2, -0.15) is 5.10 Å². The Morgan fingerprint density at radius 2 is 2.07 bits per heavy atom. The van der Waals surface area contributed by atoms with Crippen molar-refractivity contribution in [2.24, 2.45) is 0 Å². The molecular weight excluding hydrogens is 368 g/mol. The summed E-state index contributed by atoms with van der Waals surface area (Å²) in [6.45, 7) is 1.72. The lowest BCUT2D eigenvalue weighted by atomic mass is 10.1. The molecule has 0 fully saturated rings. The van der Waals surface area contributed by atoms with Crippen LogP contribution in [0.5, 0.6) is 0 Å². The van der Waals surface area contributed by atoms with Gasteiger partial charge in [0.15, 0.2) is 0 Å². The van der Waals surface area contributed by atoms with Crippen LogP contribution >= 0.6 is 0 Å². The van der Waals surface area contributed by atoms with Crippen LogP contribution in [0, 0.1) is 6.92 Å². The fourth-order valence-electron chi connectivity index (χ4n) is 2.97. The van der Waals surface area contributed by atoms with Crippen LogP contribution in [-0.2, 0) is 11.2 Å². The third kappa shape index (κ3) is 4.11. The smallest absolute Gasteiger partial charge is 0.255 e. The molecule has 0 aliphatic rings. The van der Waals surface area contributed by atoms with Gasteiger partial charge in [0.2, 0.25) is 5.91 Å². The predicted octanol–water partition coefficient (Wildman–Crippen LogP) is 2.51. The van der Waals surface area contributed by atoms with Crippen molar-refractivity contribution in [1.29, 1.82) is 0 Å². The Balaban J connectivity index is 1.52. The summed E-state index contributed by atoms with van der Waals surface area (Å²) in [6, 6.07) is 12.7. The molecule has 8 nitrogen and oxygen atoms in total. The number of nitrogens with zero attached hydrogens (tertiary/aromatic N) is 4. The third-order valence-electron chi connectivity index (χ3n) is 4.39. The van der Waals surface area contributed by atoms with Crippen molar-refractivity contribution in [2.75, 3.05) is 5.32 Å². The number of carbonyl (C=O) groups is 1. The molecule has 4 aromatic rings. The third-order valence-corrected chi connectivity index (χ3v) is 4.39. The van der Waals surface area contributed by atoms with Gasteiger partial charge in [0.25, 0.3) is 5.56 Å². The number of amides is 1. The van der Waals surface area contributed by atoms with Gasteiger partial charge in [-0.05, 0) is 43.3 Å². The zero-order valence-electron chi connectivity index (χ0n) is 15.7. The monoisotopic (exact) mass is 386 g/mol. The molecule has 3 aromatic heterocycles. The van der Waals surface area contributed by atoms with Gasteiger partial charge >= 0.3 is 0 Å². The van der Waals surface area contributed by atoms with Crippen LogP contribution in [-0.4, -0.2) is 30.6 Å². The maximum atomic E-state index is 12.5. The molecule has 144 valence electrons. The second kappa shape index (κ2) is 7.89. The van der Waals surface area contributed by atoms with Gasteiger partial charge in [-0.25, -0.2) is 9.67 Å². The van der Waals surface area contributed by atoms with Crippen molar-refractivity contribution in [3.05, 3.63) is 88.9 Å².